The maximum atomic E-state index is 13.2. The molecule has 4 N–H and O–H groups in total. The molecule has 2 aromatic carbocycles. The minimum Gasteiger partial charge on any atom is -0.457 e. The van der Waals surface area contributed by atoms with Crippen molar-refractivity contribution in [3.05, 3.63) is 73.1 Å². The summed E-state index contributed by atoms with van der Waals surface area (Å²) in [6, 6.07) is 17.3. The van der Waals surface area contributed by atoms with Crippen molar-refractivity contribution < 1.29 is 14.3 Å². The van der Waals surface area contributed by atoms with Gasteiger partial charge in [-0.25, -0.2) is 14.6 Å². The van der Waals surface area contributed by atoms with E-state index in [9.17, 15) is 4.79 Å². The first-order valence-electron chi connectivity index (χ1n) is 16.7. The summed E-state index contributed by atoms with van der Waals surface area (Å²) in [4.78, 5) is 23.9. The molecule has 10 nitrogen and oxygen atoms in total. The molecule has 3 heterocycles. The van der Waals surface area contributed by atoms with Crippen LogP contribution < -0.4 is 16.2 Å². The third kappa shape index (κ3) is 9.86. The van der Waals surface area contributed by atoms with E-state index in [0.717, 1.165) is 49.2 Å². The zero-order valence-electron chi connectivity index (χ0n) is 28.8. The zero-order chi connectivity index (χ0) is 34.0. The van der Waals surface area contributed by atoms with E-state index in [1.807, 2.05) is 91.9 Å². The van der Waals surface area contributed by atoms with Crippen LogP contribution in [0.2, 0.25) is 0 Å². The van der Waals surface area contributed by atoms with Gasteiger partial charge in [0, 0.05) is 30.3 Å². The van der Waals surface area contributed by atoms with Crippen molar-refractivity contribution in [1.82, 2.24) is 24.6 Å². The van der Waals surface area contributed by atoms with Gasteiger partial charge in [-0.3, -0.25) is 4.79 Å². The highest BCUT2D eigenvalue weighted by atomic mass is 16.5. The quantitative estimate of drug-likeness (QED) is 0.154. The number of carbonyl (C=O) groups is 1. The van der Waals surface area contributed by atoms with E-state index in [1.165, 1.54) is 6.33 Å². The number of hydrogen-bond acceptors (Lipinski definition) is 8. The van der Waals surface area contributed by atoms with Crippen molar-refractivity contribution in [3.63, 3.8) is 0 Å². The Balaban J connectivity index is 0.00000245. The molecule has 47 heavy (non-hydrogen) atoms. The largest absolute Gasteiger partial charge is 0.457 e. The highest BCUT2D eigenvalue weighted by Gasteiger charge is 2.28. The van der Waals surface area contributed by atoms with Gasteiger partial charge in [0.05, 0.1) is 23.6 Å². The second-order valence-electron chi connectivity index (χ2n) is 13.1. The van der Waals surface area contributed by atoms with Crippen molar-refractivity contribution in [3.8, 4) is 22.8 Å². The van der Waals surface area contributed by atoms with E-state index in [-0.39, 0.29) is 23.1 Å². The average Bonchev–Trinajstić information content (AvgIpc) is 3.45. The molecule has 1 amide bonds. The van der Waals surface area contributed by atoms with Gasteiger partial charge >= 0.3 is 0 Å². The van der Waals surface area contributed by atoms with Gasteiger partial charge in [0.2, 0.25) is 5.91 Å². The van der Waals surface area contributed by atoms with Gasteiger partial charge in [-0.1, -0.05) is 38.1 Å². The minimum absolute atomic E-state index is 0.0363. The second kappa shape index (κ2) is 16.0. The fourth-order valence-corrected chi connectivity index (χ4v) is 5.68. The monoisotopic (exact) mass is 641 g/mol. The van der Waals surface area contributed by atoms with Crippen LogP contribution in [0.1, 0.15) is 79.7 Å². The molecule has 0 bridgehead atoms. The molecule has 2 aromatic heterocycles. The number of rotatable bonds is 12. The summed E-state index contributed by atoms with van der Waals surface area (Å²) in [6.45, 7) is 13.8. The van der Waals surface area contributed by atoms with Gasteiger partial charge in [-0.05, 0) is 96.2 Å². The summed E-state index contributed by atoms with van der Waals surface area (Å²) in [6.07, 6.45) is 9.44. The van der Waals surface area contributed by atoms with Crippen LogP contribution in [0, 0.1) is 0 Å². The molecule has 10 heteroatoms. The van der Waals surface area contributed by atoms with Gasteiger partial charge in [0.1, 0.15) is 29.3 Å². The van der Waals surface area contributed by atoms with Crippen molar-refractivity contribution >= 4 is 22.8 Å². The number of likely N-dealkylation sites (tertiary alicyclic amines) is 1. The molecule has 1 saturated heterocycles. The standard InChI is InChI=1S/C35H45N7O3.C2H6/c1-34(2,37)19-10-20-35(3,4)44-22-9-14-29(43)41-21-8-11-26(23-41)42-33-30(32(36)38-24-39-33)31(40-42)25-15-17-28(18-16-25)45-27-12-6-5-7-13-27;1-2/h5-7,9,12-18,24,26H,8,10-11,19-23,37H2,1-4H3,(H2,36,38,39);1-2H3/b14-9+;. The Morgan fingerprint density at radius 1 is 1.00 bits per heavy atom. The number of ether oxygens (including phenoxy) is 2. The highest BCUT2D eigenvalue weighted by Crippen LogP contribution is 2.35. The van der Waals surface area contributed by atoms with Gasteiger partial charge in [-0.2, -0.15) is 5.10 Å². The lowest BCUT2D eigenvalue weighted by atomic mass is 9.93. The summed E-state index contributed by atoms with van der Waals surface area (Å²) in [5.74, 6) is 1.82. The molecule has 1 aliphatic rings. The second-order valence-corrected chi connectivity index (χ2v) is 13.1. The number of aromatic nitrogens is 4. The average molecular weight is 642 g/mol. The normalized spacial score (nSPS) is 15.5. The van der Waals surface area contributed by atoms with Crippen LogP contribution in [0.3, 0.4) is 0 Å². The predicted octanol–water partition coefficient (Wildman–Crippen LogP) is 7.32. The Kier molecular flexibility index (Phi) is 12.1. The number of para-hydroxylation sites is 1. The summed E-state index contributed by atoms with van der Waals surface area (Å²) in [5, 5.41) is 5.70. The van der Waals surface area contributed by atoms with Gasteiger partial charge < -0.3 is 25.8 Å². The van der Waals surface area contributed by atoms with Crippen LogP contribution in [-0.4, -0.2) is 61.4 Å². The number of benzene rings is 2. The Hall–Kier alpha value is -4.28. The number of carbonyl (C=O) groups excluding carboxylic acids is 1. The third-order valence-electron chi connectivity index (χ3n) is 8.11. The molecule has 4 aromatic rings. The summed E-state index contributed by atoms with van der Waals surface area (Å²) in [7, 11) is 0. The molecular weight excluding hydrogens is 590 g/mol. The van der Waals surface area contributed by atoms with Crippen LogP contribution in [-0.2, 0) is 9.53 Å². The van der Waals surface area contributed by atoms with Gasteiger partial charge in [0.25, 0.3) is 0 Å². The van der Waals surface area contributed by atoms with Crippen molar-refractivity contribution in [1.29, 1.82) is 0 Å². The van der Waals surface area contributed by atoms with E-state index < -0.39 is 0 Å². The molecule has 1 aliphatic heterocycles. The lowest BCUT2D eigenvalue weighted by Crippen LogP contribution is -2.40. The first kappa shape index (κ1) is 35.6. The van der Waals surface area contributed by atoms with Crippen LogP contribution in [0.4, 0.5) is 5.82 Å². The zero-order valence-corrected chi connectivity index (χ0v) is 28.8. The molecule has 0 spiro atoms. The lowest BCUT2D eigenvalue weighted by molar-refractivity contribution is -0.127. The third-order valence-corrected chi connectivity index (χ3v) is 8.11. The van der Waals surface area contributed by atoms with Gasteiger partial charge in [-0.15, -0.1) is 0 Å². The highest BCUT2D eigenvalue weighted by molar-refractivity contribution is 5.98. The Morgan fingerprint density at radius 3 is 2.40 bits per heavy atom. The Bertz CT molecular complexity index is 1610. The number of hydrogen-bond donors (Lipinski definition) is 2. The number of nitrogens with two attached hydrogens (primary N) is 2. The fraction of sp³-hybridized carbons (Fsp3) is 0.459. The van der Waals surface area contributed by atoms with E-state index in [4.69, 9.17) is 26.0 Å². The molecule has 252 valence electrons. The fourth-order valence-electron chi connectivity index (χ4n) is 5.68. The summed E-state index contributed by atoms with van der Waals surface area (Å²) in [5.41, 5.74) is 14.3. The SMILES string of the molecule is CC.CC(C)(N)CCCC(C)(C)OC/C=C/C(=O)N1CCCC(n2nc(-c3ccc(Oc4ccccc4)cc3)c3c(N)ncnc32)C1. The molecule has 1 fully saturated rings. The first-order valence-corrected chi connectivity index (χ1v) is 16.7. The molecule has 0 saturated carbocycles. The van der Waals surface area contributed by atoms with Crippen molar-refractivity contribution in [2.45, 2.75) is 90.8 Å². The van der Waals surface area contributed by atoms with Crippen LogP contribution in [0.25, 0.3) is 22.3 Å². The van der Waals surface area contributed by atoms with E-state index >= 15 is 0 Å². The van der Waals surface area contributed by atoms with E-state index in [0.29, 0.717) is 42.2 Å². The number of nitrogen functional groups attached to an aromatic ring is 1. The molecule has 5 rings (SSSR count). The minimum atomic E-state index is -0.285. The molecule has 0 radical (unpaired) electrons. The number of piperidine rings is 1. The predicted molar refractivity (Wildman–Crippen MR) is 189 cm³/mol. The van der Waals surface area contributed by atoms with Crippen LogP contribution in [0.15, 0.2) is 73.1 Å². The first-order chi connectivity index (χ1) is 22.5. The molecular formula is C37H51N7O3. The van der Waals surface area contributed by atoms with E-state index in [1.54, 1.807) is 12.2 Å². The smallest absolute Gasteiger partial charge is 0.246 e. The van der Waals surface area contributed by atoms with Crippen molar-refractivity contribution in [2.75, 3.05) is 25.4 Å². The molecule has 0 aliphatic carbocycles. The number of fused-ring (bicyclic) bond motifs is 1. The van der Waals surface area contributed by atoms with Crippen molar-refractivity contribution in [2.24, 2.45) is 5.73 Å². The van der Waals surface area contributed by atoms with Crippen LogP contribution >= 0.6 is 0 Å². The maximum absolute atomic E-state index is 13.2. The maximum Gasteiger partial charge on any atom is 0.246 e. The molecule has 1 unspecified atom stereocenters. The summed E-state index contributed by atoms with van der Waals surface area (Å²) >= 11 is 0. The molecule has 1 atom stereocenters. The summed E-state index contributed by atoms with van der Waals surface area (Å²) < 4.78 is 13.9. The van der Waals surface area contributed by atoms with Gasteiger partial charge in [0.15, 0.2) is 5.65 Å². The Morgan fingerprint density at radius 2 is 1.70 bits per heavy atom. The lowest BCUT2D eigenvalue weighted by Gasteiger charge is -2.32. The van der Waals surface area contributed by atoms with E-state index in [2.05, 4.69) is 23.8 Å². The van der Waals surface area contributed by atoms with Crippen LogP contribution in [0.5, 0.6) is 11.5 Å². The topological polar surface area (TPSA) is 134 Å². The number of amides is 1. The number of nitrogens with zero attached hydrogens (tertiary/aromatic N) is 5. The Labute approximate surface area is 279 Å². The number of anilines is 1.